The van der Waals surface area contributed by atoms with Crippen LogP contribution in [0.1, 0.15) is 55.5 Å². The Morgan fingerprint density at radius 3 is 2.74 bits per heavy atom. The van der Waals surface area contributed by atoms with Gasteiger partial charge in [-0.05, 0) is 49.3 Å². The summed E-state index contributed by atoms with van der Waals surface area (Å²) in [5, 5.41) is 4.60. The second-order valence-electron chi connectivity index (χ2n) is 8.72. The van der Waals surface area contributed by atoms with E-state index >= 15 is 0 Å². The van der Waals surface area contributed by atoms with E-state index in [1.807, 2.05) is 6.07 Å². The second-order valence-corrected chi connectivity index (χ2v) is 11.9. The fourth-order valence-corrected chi connectivity index (χ4v) is 6.53. The number of hydrogen-bond acceptors (Lipinski definition) is 9. The standard InChI is InChI=1S/C22H28ClN5O5P2/c23-22-25-21(27-11-5-4-8-17(27)15-6-2-1-3-7-15)20-24-12-18(28(20)26-22)19-10-9-16(33-19)13-32-35(31)14-34(29)30/h1-3,6-7,12,16-17,19,29-31H,4-5,8-11,13-14H2/t16-,17?,19?,35?/m0/s1. The predicted octanol–water partition coefficient (Wildman–Crippen LogP) is 4.30. The van der Waals surface area contributed by atoms with Crippen LogP contribution in [0.3, 0.4) is 0 Å². The van der Waals surface area contributed by atoms with Crippen LogP contribution in [0, 0.1) is 0 Å². The van der Waals surface area contributed by atoms with Crippen molar-refractivity contribution in [2.24, 2.45) is 0 Å². The average Bonchev–Trinajstić information content (AvgIpc) is 3.49. The van der Waals surface area contributed by atoms with E-state index in [9.17, 15) is 4.89 Å². The van der Waals surface area contributed by atoms with Crippen LogP contribution in [0.4, 0.5) is 5.82 Å². The van der Waals surface area contributed by atoms with Gasteiger partial charge in [0.2, 0.25) is 5.28 Å². The number of imidazole rings is 1. The summed E-state index contributed by atoms with van der Waals surface area (Å²) < 4.78 is 13.3. The Labute approximate surface area is 210 Å². The number of piperidine rings is 1. The van der Waals surface area contributed by atoms with Crippen LogP contribution in [0.25, 0.3) is 5.65 Å². The lowest BCUT2D eigenvalue weighted by molar-refractivity contribution is 0.0151. The Morgan fingerprint density at radius 1 is 1.11 bits per heavy atom. The van der Waals surface area contributed by atoms with Crippen molar-refractivity contribution >= 4 is 39.8 Å². The zero-order valence-electron chi connectivity index (χ0n) is 19.0. The van der Waals surface area contributed by atoms with Gasteiger partial charge in [-0.1, -0.05) is 30.3 Å². The zero-order valence-corrected chi connectivity index (χ0v) is 21.6. The first-order valence-corrected chi connectivity index (χ1v) is 14.8. The van der Waals surface area contributed by atoms with Gasteiger partial charge >= 0.3 is 0 Å². The van der Waals surface area contributed by atoms with Crippen LogP contribution >= 0.6 is 28.4 Å². The van der Waals surface area contributed by atoms with E-state index in [4.69, 9.17) is 30.6 Å². The van der Waals surface area contributed by atoms with E-state index in [0.717, 1.165) is 50.2 Å². The quantitative estimate of drug-likeness (QED) is 0.359. The maximum Gasteiger partial charge on any atom is 0.243 e. The molecule has 0 radical (unpaired) electrons. The van der Waals surface area contributed by atoms with Gasteiger partial charge in [0.05, 0.1) is 36.5 Å². The minimum absolute atomic E-state index is 0.146. The van der Waals surface area contributed by atoms with Crippen LogP contribution in [-0.2, 0) is 9.26 Å². The Kier molecular flexibility index (Phi) is 8.12. The van der Waals surface area contributed by atoms with Crippen molar-refractivity contribution in [1.82, 2.24) is 19.6 Å². The molecule has 2 saturated heterocycles. The Morgan fingerprint density at radius 2 is 1.94 bits per heavy atom. The first-order valence-electron chi connectivity index (χ1n) is 11.6. The molecule has 0 spiro atoms. The molecule has 3 aromatic rings. The largest absolute Gasteiger partial charge is 0.366 e. The molecule has 4 heterocycles. The van der Waals surface area contributed by atoms with Gasteiger partial charge in [-0.2, -0.15) is 4.98 Å². The summed E-state index contributed by atoms with van der Waals surface area (Å²) in [6.07, 6.45) is 6.03. The SMILES string of the molecule is OP(O)CP(O)OC[C@@H]1CCC(c2cnc3c(N4CCCCC4c4ccccc4)nc(Cl)nn23)O1. The molecule has 2 fully saturated rings. The van der Waals surface area contributed by atoms with Crippen LogP contribution < -0.4 is 4.90 Å². The van der Waals surface area contributed by atoms with Gasteiger partial charge in [-0.15, -0.1) is 5.10 Å². The highest BCUT2D eigenvalue weighted by Gasteiger charge is 2.33. The zero-order chi connectivity index (χ0) is 24.4. The van der Waals surface area contributed by atoms with Gasteiger partial charge in [0.15, 0.2) is 28.2 Å². The van der Waals surface area contributed by atoms with E-state index < -0.39 is 16.8 Å². The number of benzene rings is 1. The third-order valence-electron chi connectivity index (χ3n) is 6.40. The number of anilines is 1. The Balaban J connectivity index is 1.37. The van der Waals surface area contributed by atoms with Gasteiger partial charge in [-0.3, -0.25) is 0 Å². The van der Waals surface area contributed by atoms with Crippen LogP contribution in [-0.4, -0.2) is 59.4 Å². The molecule has 0 bridgehead atoms. The van der Waals surface area contributed by atoms with Crippen molar-refractivity contribution in [3.05, 3.63) is 53.1 Å². The van der Waals surface area contributed by atoms with E-state index in [1.54, 1.807) is 10.7 Å². The minimum atomic E-state index is -2.18. The van der Waals surface area contributed by atoms with Crippen molar-refractivity contribution in [2.45, 2.75) is 50.4 Å². The molecule has 35 heavy (non-hydrogen) atoms. The summed E-state index contributed by atoms with van der Waals surface area (Å²) in [6.45, 7) is 1.05. The predicted molar refractivity (Wildman–Crippen MR) is 134 cm³/mol. The van der Waals surface area contributed by atoms with Crippen molar-refractivity contribution in [1.29, 1.82) is 0 Å². The summed E-state index contributed by atoms with van der Waals surface area (Å²) in [5.41, 5.74) is 2.68. The van der Waals surface area contributed by atoms with Crippen molar-refractivity contribution < 1.29 is 23.9 Å². The maximum absolute atomic E-state index is 9.79. The minimum Gasteiger partial charge on any atom is -0.366 e. The molecule has 0 amide bonds. The average molecular weight is 540 g/mol. The number of fused-ring (bicyclic) bond motifs is 1. The molecule has 0 saturated carbocycles. The molecular formula is C22H28ClN5O5P2. The molecule has 2 aliphatic heterocycles. The molecule has 2 aromatic heterocycles. The van der Waals surface area contributed by atoms with Gasteiger partial charge in [0.1, 0.15) is 6.10 Å². The lowest BCUT2D eigenvalue weighted by Gasteiger charge is -2.37. The summed E-state index contributed by atoms with van der Waals surface area (Å²) >= 11 is 6.40. The molecule has 4 atom stereocenters. The molecule has 10 nitrogen and oxygen atoms in total. The van der Waals surface area contributed by atoms with Crippen LogP contribution in [0.15, 0.2) is 36.5 Å². The van der Waals surface area contributed by atoms with Gasteiger partial charge < -0.3 is 28.8 Å². The number of rotatable bonds is 8. The Bertz CT molecular complexity index is 1140. The lowest BCUT2D eigenvalue weighted by atomic mass is 9.95. The van der Waals surface area contributed by atoms with E-state index in [0.29, 0.717) is 5.65 Å². The van der Waals surface area contributed by atoms with Crippen LogP contribution in [0.5, 0.6) is 0 Å². The number of ether oxygens (including phenoxy) is 1. The van der Waals surface area contributed by atoms with E-state index in [1.165, 1.54) is 5.56 Å². The number of aromatic nitrogens is 4. The molecule has 1 aromatic carbocycles. The number of halogens is 1. The van der Waals surface area contributed by atoms with E-state index in [-0.39, 0.29) is 36.0 Å². The first kappa shape index (κ1) is 25.2. The molecule has 2 aliphatic rings. The molecule has 13 heteroatoms. The molecule has 3 N–H and O–H groups in total. The van der Waals surface area contributed by atoms with Crippen molar-refractivity contribution in [3.8, 4) is 0 Å². The lowest BCUT2D eigenvalue weighted by Crippen LogP contribution is -2.34. The molecule has 0 aliphatic carbocycles. The third-order valence-corrected chi connectivity index (χ3v) is 8.99. The highest BCUT2D eigenvalue weighted by atomic mass is 35.5. The molecular weight excluding hydrogens is 512 g/mol. The highest BCUT2D eigenvalue weighted by molar-refractivity contribution is 7.63. The Hall–Kier alpha value is -1.48. The molecule has 3 unspecified atom stereocenters. The van der Waals surface area contributed by atoms with Crippen molar-refractivity contribution in [2.75, 3.05) is 24.0 Å². The smallest absolute Gasteiger partial charge is 0.243 e. The van der Waals surface area contributed by atoms with E-state index in [2.05, 4.69) is 44.2 Å². The molecule has 5 rings (SSSR count). The molecule has 188 valence electrons. The number of nitrogens with zero attached hydrogens (tertiary/aromatic N) is 5. The summed E-state index contributed by atoms with van der Waals surface area (Å²) in [7, 11) is -4.06. The maximum atomic E-state index is 9.79. The highest BCUT2D eigenvalue weighted by Crippen LogP contribution is 2.45. The van der Waals surface area contributed by atoms with Gasteiger partial charge in [0.25, 0.3) is 0 Å². The van der Waals surface area contributed by atoms with Crippen molar-refractivity contribution in [3.63, 3.8) is 0 Å². The fourth-order valence-electron chi connectivity index (χ4n) is 4.84. The topological polar surface area (TPSA) is 125 Å². The first-order chi connectivity index (χ1) is 17.0. The number of hydrogen-bond donors (Lipinski definition) is 3. The second kappa shape index (κ2) is 11.3. The van der Waals surface area contributed by atoms with Gasteiger partial charge in [0, 0.05) is 6.54 Å². The van der Waals surface area contributed by atoms with Gasteiger partial charge in [-0.25, -0.2) is 9.50 Å². The normalized spacial score (nSPS) is 23.9. The van der Waals surface area contributed by atoms with Crippen LogP contribution in [0.2, 0.25) is 5.28 Å². The fraction of sp³-hybridized carbons (Fsp3) is 0.500. The summed E-state index contributed by atoms with van der Waals surface area (Å²) in [6, 6.07) is 10.6. The summed E-state index contributed by atoms with van der Waals surface area (Å²) in [4.78, 5) is 39.4. The summed E-state index contributed by atoms with van der Waals surface area (Å²) in [5.74, 6) is 0.574. The monoisotopic (exact) mass is 539 g/mol. The third kappa shape index (κ3) is 5.76.